The molecule has 3 aromatic rings. The molecule has 9 heteroatoms. The maximum Gasteiger partial charge on any atom is 0.260 e. The van der Waals surface area contributed by atoms with Crippen LogP contribution in [0.3, 0.4) is 0 Å². The number of hydrogen-bond donors (Lipinski definition) is 1. The Labute approximate surface area is 189 Å². The minimum atomic E-state index is -0.384. The first-order valence-electron chi connectivity index (χ1n) is 10.5. The number of piperazine rings is 1. The number of carbonyl (C=O) groups excluding carboxylic acids is 2. The van der Waals surface area contributed by atoms with E-state index < -0.39 is 0 Å². The van der Waals surface area contributed by atoms with Crippen LogP contribution in [-0.2, 0) is 9.59 Å². The standard InChI is InChI=1S/C24H24N2O7/c1-15(27)25-7-9-26(10-8-25)22(29)14-32-18-11-20(28)23-21(12-18)33-13-19(24(23)30)16-3-5-17(31-2)6-4-16/h3-6,11-13,28H,7-10,14H2,1-2H3. The monoisotopic (exact) mass is 452 g/mol. The zero-order valence-corrected chi connectivity index (χ0v) is 18.4. The molecule has 2 aromatic carbocycles. The summed E-state index contributed by atoms with van der Waals surface area (Å²) in [6, 6.07) is 9.67. The van der Waals surface area contributed by atoms with Crippen LogP contribution in [0.4, 0.5) is 0 Å². The van der Waals surface area contributed by atoms with Crippen LogP contribution in [0.25, 0.3) is 22.1 Å². The van der Waals surface area contributed by atoms with Crippen LogP contribution < -0.4 is 14.9 Å². The van der Waals surface area contributed by atoms with Crippen molar-refractivity contribution >= 4 is 22.8 Å². The van der Waals surface area contributed by atoms with Gasteiger partial charge < -0.3 is 28.8 Å². The van der Waals surface area contributed by atoms with Crippen molar-refractivity contribution in [1.82, 2.24) is 9.80 Å². The Bertz CT molecular complexity index is 1240. The number of fused-ring (bicyclic) bond motifs is 1. The van der Waals surface area contributed by atoms with E-state index >= 15 is 0 Å². The molecule has 1 fully saturated rings. The number of hydrogen-bond acceptors (Lipinski definition) is 7. The Morgan fingerprint density at radius 2 is 1.70 bits per heavy atom. The smallest absolute Gasteiger partial charge is 0.260 e. The van der Waals surface area contributed by atoms with Gasteiger partial charge in [-0.05, 0) is 17.7 Å². The van der Waals surface area contributed by atoms with Crippen LogP contribution in [0.1, 0.15) is 6.92 Å². The molecule has 9 nitrogen and oxygen atoms in total. The molecule has 0 atom stereocenters. The molecule has 1 saturated heterocycles. The molecule has 4 rings (SSSR count). The van der Waals surface area contributed by atoms with Crippen molar-refractivity contribution in [3.8, 4) is 28.4 Å². The normalized spacial score (nSPS) is 13.8. The van der Waals surface area contributed by atoms with Crippen molar-refractivity contribution < 1.29 is 28.6 Å². The van der Waals surface area contributed by atoms with Crippen molar-refractivity contribution in [3.63, 3.8) is 0 Å². The van der Waals surface area contributed by atoms with Gasteiger partial charge in [0, 0.05) is 45.2 Å². The first-order valence-corrected chi connectivity index (χ1v) is 10.5. The highest BCUT2D eigenvalue weighted by atomic mass is 16.5. The van der Waals surface area contributed by atoms with E-state index in [4.69, 9.17) is 13.9 Å². The van der Waals surface area contributed by atoms with E-state index in [1.54, 1.807) is 41.2 Å². The van der Waals surface area contributed by atoms with Gasteiger partial charge in [-0.1, -0.05) is 12.1 Å². The molecule has 1 aromatic heterocycles. The molecule has 1 N–H and O–H groups in total. The highest BCUT2D eigenvalue weighted by Crippen LogP contribution is 2.30. The lowest BCUT2D eigenvalue weighted by Gasteiger charge is -2.34. The zero-order chi connectivity index (χ0) is 23.5. The Morgan fingerprint density at radius 3 is 2.33 bits per heavy atom. The van der Waals surface area contributed by atoms with Crippen molar-refractivity contribution in [2.75, 3.05) is 39.9 Å². The molecule has 172 valence electrons. The van der Waals surface area contributed by atoms with Gasteiger partial charge in [0.25, 0.3) is 5.91 Å². The summed E-state index contributed by atoms with van der Waals surface area (Å²) in [5, 5.41) is 10.5. The number of rotatable bonds is 5. The second kappa shape index (κ2) is 9.23. The van der Waals surface area contributed by atoms with Crippen LogP contribution >= 0.6 is 0 Å². The van der Waals surface area contributed by atoms with Gasteiger partial charge in [0.1, 0.15) is 34.5 Å². The molecule has 0 saturated carbocycles. The van der Waals surface area contributed by atoms with Gasteiger partial charge in [-0.2, -0.15) is 0 Å². The predicted molar refractivity (Wildman–Crippen MR) is 120 cm³/mol. The SMILES string of the molecule is COc1ccc(-c2coc3cc(OCC(=O)N4CCN(C(C)=O)CC4)cc(O)c3c2=O)cc1. The molecule has 0 aliphatic carbocycles. The van der Waals surface area contributed by atoms with Crippen LogP contribution in [0.5, 0.6) is 17.2 Å². The summed E-state index contributed by atoms with van der Waals surface area (Å²) in [7, 11) is 1.55. The Morgan fingerprint density at radius 1 is 1.03 bits per heavy atom. The molecule has 33 heavy (non-hydrogen) atoms. The van der Waals surface area contributed by atoms with E-state index in [2.05, 4.69) is 0 Å². The van der Waals surface area contributed by atoms with Gasteiger partial charge in [-0.3, -0.25) is 14.4 Å². The van der Waals surface area contributed by atoms with Crippen molar-refractivity contribution in [2.45, 2.75) is 6.92 Å². The lowest BCUT2D eigenvalue weighted by atomic mass is 10.0. The largest absolute Gasteiger partial charge is 0.507 e. The van der Waals surface area contributed by atoms with Crippen LogP contribution in [0.15, 0.2) is 51.9 Å². The number of nitrogens with zero attached hydrogens (tertiary/aromatic N) is 2. The van der Waals surface area contributed by atoms with Crippen LogP contribution in [-0.4, -0.2) is 66.6 Å². The molecule has 1 aliphatic heterocycles. The number of ether oxygens (including phenoxy) is 2. The Kier molecular flexibility index (Phi) is 6.21. The minimum absolute atomic E-state index is 0.0124. The average Bonchev–Trinajstić information content (AvgIpc) is 2.82. The van der Waals surface area contributed by atoms with Crippen molar-refractivity contribution in [3.05, 3.63) is 52.9 Å². The molecular weight excluding hydrogens is 428 g/mol. The first-order chi connectivity index (χ1) is 15.9. The fourth-order valence-corrected chi connectivity index (χ4v) is 3.77. The Balaban J connectivity index is 1.49. The number of phenolic OH excluding ortho intramolecular Hbond substituents is 1. The van der Waals surface area contributed by atoms with Crippen molar-refractivity contribution in [2.24, 2.45) is 0 Å². The third kappa shape index (κ3) is 4.62. The van der Waals surface area contributed by atoms with Gasteiger partial charge in [0.2, 0.25) is 11.3 Å². The third-order valence-corrected chi connectivity index (χ3v) is 5.67. The summed E-state index contributed by atoms with van der Waals surface area (Å²) < 4.78 is 16.3. The maximum atomic E-state index is 13.0. The summed E-state index contributed by atoms with van der Waals surface area (Å²) in [6.07, 6.45) is 1.33. The number of amides is 2. The van der Waals surface area contributed by atoms with Crippen LogP contribution in [0, 0.1) is 0 Å². The van der Waals surface area contributed by atoms with Crippen molar-refractivity contribution in [1.29, 1.82) is 0 Å². The second-order valence-corrected chi connectivity index (χ2v) is 7.70. The van der Waals surface area contributed by atoms with E-state index in [0.717, 1.165) is 0 Å². The van der Waals surface area contributed by atoms with E-state index in [1.807, 2.05) is 0 Å². The van der Waals surface area contributed by atoms with E-state index in [9.17, 15) is 19.5 Å². The molecular formula is C24H24N2O7. The molecule has 2 amide bonds. The predicted octanol–water partition coefficient (Wildman–Crippen LogP) is 2.24. The summed E-state index contributed by atoms with van der Waals surface area (Å²) in [5.41, 5.74) is 0.690. The van der Waals surface area contributed by atoms with E-state index in [0.29, 0.717) is 43.1 Å². The maximum absolute atomic E-state index is 13.0. The summed E-state index contributed by atoms with van der Waals surface area (Å²) >= 11 is 0. The number of phenols is 1. The van der Waals surface area contributed by atoms with Gasteiger partial charge in [-0.25, -0.2) is 0 Å². The van der Waals surface area contributed by atoms with Gasteiger partial charge in [0.05, 0.1) is 12.7 Å². The number of benzene rings is 2. The topological polar surface area (TPSA) is 110 Å². The molecule has 1 aliphatic rings. The number of aromatic hydroxyl groups is 1. The average molecular weight is 452 g/mol. The van der Waals surface area contributed by atoms with Gasteiger partial charge in [-0.15, -0.1) is 0 Å². The molecule has 0 bridgehead atoms. The van der Waals surface area contributed by atoms with Gasteiger partial charge in [0.15, 0.2) is 6.61 Å². The first kappa shape index (κ1) is 22.2. The summed E-state index contributed by atoms with van der Waals surface area (Å²) in [5.74, 6) is 0.324. The lowest BCUT2D eigenvalue weighted by Crippen LogP contribution is -2.51. The Hall–Kier alpha value is -4.01. The second-order valence-electron chi connectivity index (χ2n) is 7.70. The van der Waals surface area contributed by atoms with E-state index in [-0.39, 0.29) is 46.3 Å². The fourth-order valence-electron chi connectivity index (χ4n) is 3.77. The fraction of sp³-hybridized carbons (Fsp3) is 0.292. The minimum Gasteiger partial charge on any atom is -0.507 e. The third-order valence-electron chi connectivity index (χ3n) is 5.67. The zero-order valence-electron chi connectivity index (χ0n) is 18.4. The highest BCUT2D eigenvalue weighted by Gasteiger charge is 2.23. The summed E-state index contributed by atoms with van der Waals surface area (Å²) in [4.78, 5) is 40.2. The number of methoxy groups -OCH3 is 1. The molecule has 0 spiro atoms. The highest BCUT2D eigenvalue weighted by molar-refractivity contribution is 5.88. The van der Waals surface area contributed by atoms with Crippen LogP contribution in [0.2, 0.25) is 0 Å². The quantitative estimate of drug-likeness (QED) is 0.632. The molecule has 0 unspecified atom stereocenters. The molecule has 0 radical (unpaired) electrons. The van der Waals surface area contributed by atoms with Gasteiger partial charge >= 0.3 is 0 Å². The molecule has 2 heterocycles. The summed E-state index contributed by atoms with van der Waals surface area (Å²) in [6.45, 7) is 3.12. The lowest BCUT2D eigenvalue weighted by molar-refractivity contribution is -0.139. The van der Waals surface area contributed by atoms with E-state index in [1.165, 1.54) is 25.3 Å². The number of carbonyl (C=O) groups is 2.